The van der Waals surface area contributed by atoms with Crippen molar-refractivity contribution in [1.29, 1.82) is 0 Å². The maximum Gasteiger partial charge on any atom is 0.251 e. The van der Waals surface area contributed by atoms with Crippen LogP contribution in [0, 0.1) is 0 Å². The summed E-state index contributed by atoms with van der Waals surface area (Å²) in [6, 6.07) is 4.72. The Labute approximate surface area is 123 Å². The molecule has 19 heavy (non-hydrogen) atoms. The number of carbonyl (C=O) groups is 1. The van der Waals surface area contributed by atoms with E-state index in [-0.39, 0.29) is 11.7 Å². The van der Waals surface area contributed by atoms with E-state index in [1.807, 2.05) is 6.20 Å². The second-order valence-corrected chi connectivity index (χ2v) is 5.98. The van der Waals surface area contributed by atoms with Gasteiger partial charge in [-0.1, -0.05) is 6.92 Å². The molecule has 0 aliphatic heterocycles. The van der Waals surface area contributed by atoms with E-state index in [1.54, 1.807) is 23.5 Å². The average Bonchev–Trinajstić information content (AvgIpc) is 2.87. The summed E-state index contributed by atoms with van der Waals surface area (Å²) in [5, 5.41) is 13.2. The van der Waals surface area contributed by atoms with E-state index in [1.165, 1.54) is 10.9 Å². The Balaban J connectivity index is 1.99. The predicted octanol–water partition coefficient (Wildman–Crippen LogP) is 3.10. The van der Waals surface area contributed by atoms with Gasteiger partial charge < -0.3 is 10.4 Å². The molecule has 1 amide bonds. The molecule has 0 bridgehead atoms. The van der Waals surface area contributed by atoms with Gasteiger partial charge in [-0.15, -0.1) is 11.3 Å². The molecule has 1 heterocycles. The highest BCUT2D eigenvalue weighted by molar-refractivity contribution is 9.10. The van der Waals surface area contributed by atoms with Gasteiger partial charge in [0.25, 0.3) is 5.91 Å². The van der Waals surface area contributed by atoms with E-state index < -0.39 is 0 Å². The van der Waals surface area contributed by atoms with Crippen LogP contribution in [0.3, 0.4) is 0 Å². The zero-order chi connectivity index (χ0) is 13.8. The number of nitrogens with zero attached hydrogens (tertiary/aromatic N) is 1. The number of benzene rings is 1. The van der Waals surface area contributed by atoms with Crippen LogP contribution in [0.25, 0.3) is 0 Å². The van der Waals surface area contributed by atoms with Crippen LogP contribution >= 0.6 is 27.3 Å². The van der Waals surface area contributed by atoms with E-state index in [4.69, 9.17) is 0 Å². The number of aromatic hydroxyl groups is 1. The molecule has 0 spiro atoms. The van der Waals surface area contributed by atoms with Crippen LogP contribution in [0.1, 0.15) is 27.2 Å². The van der Waals surface area contributed by atoms with Crippen molar-refractivity contribution in [3.05, 3.63) is 44.3 Å². The Bertz CT molecular complexity index is 598. The molecule has 0 radical (unpaired) electrons. The molecule has 2 N–H and O–H groups in total. The van der Waals surface area contributed by atoms with Gasteiger partial charge in [-0.2, -0.15) is 0 Å². The number of aryl methyl sites for hydroxylation is 1. The summed E-state index contributed by atoms with van der Waals surface area (Å²) in [5.74, 6) is -0.175. The third kappa shape index (κ3) is 3.54. The lowest BCUT2D eigenvalue weighted by Gasteiger charge is -2.04. The molecule has 0 atom stereocenters. The zero-order valence-corrected chi connectivity index (χ0v) is 12.7. The Morgan fingerprint density at radius 1 is 1.53 bits per heavy atom. The summed E-state index contributed by atoms with van der Waals surface area (Å²) in [7, 11) is 0. The van der Waals surface area contributed by atoms with Crippen molar-refractivity contribution in [3.8, 4) is 5.75 Å². The molecule has 0 saturated carbocycles. The van der Waals surface area contributed by atoms with Gasteiger partial charge in [0.2, 0.25) is 0 Å². The van der Waals surface area contributed by atoms with Crippen LogP contribution < -0.4 is 5.32 Å². The van der Waals surface area contributed by atoms with Crippen LogP contribution in [0.2, 0.25) is 0 Å². The average molecular weight is 341 g/mol. The molecule has 0 fully saturated rings. The largest absolute Gasteiger partial charge is 0.507 e. The molecule has 1 aromatic carbocycles. The van der Waals surface area contributed by atoms with Gasteiger partial charge in [0, 0.05) is 16.6 Å². The normalized spacial score (nSPS) is 10.4. The molecule has 0 saturated heterocycles. The molecular weight excluding hydrogens is 328 g/mol. The first-order valence-electron chi connectivity index (χ1n) is 5.80. The quantitative estimate of drug-likeness (QED) is 0.898. The smallest absolute Gasteiger partial charge is 0.251 e. The second kappa shape index (κ2) is 6.16. The van der Waals surface area contributed by atoms with Gasteiger partial charge in [-0.05, 0) is 40.5 Å². The Kier molecular flexibility index (Phi) is 4.55. The number of phenols is 1. The van der Waals surface area contributed by atoms with Crippen molar-refractivity contribution in [2.24, 2.45) is 0 Å². The number of hydrogen-bond donors (Lipinski definition) is 2. The molecule has 0 aliphatic rings. The van der Waals surface area contributed by atoms with Gasteiger partial charge >= 0.3 is 0 Å². The Hall–Kier alpha value is -1.40. The molecule has 2 rings (SSSR count). The van der Waals surface area contributed by atoms with Gasteiger partial charge in [-0.25, -0.2) is 4.98 Å². The second-order valence-electron chi connectivity index (χ2n) is 3.92. The minimum absolute atomic E-state index is 0.0511. The van der Waals surface area contributed by atoms with Crippen molar-refractivity contribution in [2.75, 3.05) is 0 Å². The molecule has 0 unspecified atom stereocenters. The van der Waals surface area contributed by atoms with Gasteiger partial charge in [0.15, 0.2) is 0 Å². The number of rotatable bonds is 4. The molecule has 2 aromatic rings. The summed E-state index contributed by atoms with van der Waals surface area (Å²) in [6.45, 7) is 2.47. The van der Waals surface area contributed by atoms with E-state index in [2.05, 4.69) is 33.2 Å². The van der Waals surface area contributed by atoms with Gasteiger partial charge in [0.1, 0.15) is 10.8 Å². The monoisotopic (exact) mass is 340 g/mol. The van der Waals surface area contributed by atoms with Crippen molar-refractivity contribution in [2.45, 2.75) is 19.9 Å². The van der Waals surface area contributed by atoms with Crippen molar-refractivity contribution in [3.63, 3.8) is 0 Å². The topological polar surface area (TPSA) is 62.2 Å². The van der Waals surface area contributed by atoms with E-state index in [0.717, 1.165) is 11.4 Å². The predicted molar refractivity (Wildman–Crippen MR) is 78.5 cm³/mol. The minimum atomic E-state index is -0.226. The number of nitrogens with one attached hydrogen (secondary N) is 1. The third-order valence-corrected chi connectivity index (χ3v) is 4.37. The zero-order valence-electron chi connectivity index (χ0n) is 10.3. The number of hydrogen-bond acceptors (Lipinski definition) is 4. The lowest BCUT2D eigenvalue weighted by atomic mass is 10.2. The fraction of sp³-hybridized carbons (Fsp3) is 0.231. The molecule has 100 valence electrons. The van der Waals surface area contributed by atoms with Crippen LogP contribution in [0.5, 0.6) is 5.75 Å². The van der Waals surface area contributed by atoms with Crippen LogP contribution in [0.15, 0.2) is 28.9 Å². The third-order valence-electron chi connectivity index (χ3n) is 2.56. The van der Waals surface area contributed by atoms with Gasteiger partial charge in [-0.3, -0.25) is 4.79 Å². The van der Waals surface area contributed by atoms with Crippen molar-refractivity contribution >= 4 is 33.2 Å². The minimum Gasteiger partial charge on any atom is -0.507 e. The first-order chi connectivity index (χ1) is 9.10. The maximum absolute atomic E-state index is 11.9. The molecular formula is C13H13BrN2O2S. The van der Waals surface area contributed by atoms with Crippen LogP contribution in [-0.4, -0.2) is 16.0 Å². The van der Waals surface area contributed by atoms with Crippen LogP contribution in [-0.2, 0) is 13.0 Å². The fourth-order valence-corrected chi connectivity index (χ4v) is 2.55. The van der Waals surface area contributed by atoms with E-state index >= 15 is 0 Å². The van der Waals surface area contributed by atoms with E-state index in [0.29, 0.717) is 16.6 Å². The lowest BCUT2D eigenvalue weighted by molar-refractivity contribution is 0.0950. The van der Waals surface area contributed by atoms with Crippen molar-refractivity contribution < 1.29 is 9.90 Å². The number of aromatic nitrogens is 1. The number of halogens is 1. The molecule has 4 nitrogen and oxygen atoms in total. The summed E-state index contributed by atoms with van der Waals surface area (Å²) < 4.78 is 0.566. The molecule has 0 aliphatic carbocycles. The first kappa shape index (κ1) is 14.0. The number of amides is 1. The summed E-state index contributed by atoms with van der Waals surface area (Å²) in [6.07, 6.45) is 2.78. The van der Waals surface area contributed by atoms with Crippen molar-refractivity contribution in [1.82, 2.24) is 10.3 Å². The first-order valence-corrected chi connectivity index (χ1v) is 7.41. The summed E-state index contributed by atoms with van der Waals surface area (Å²) in [5.41, 5.74) is 0.424. The highest BCUT2D eigenvalue weighted by atomic mass is 79.9. The number of phenolic OH excluding ortho intramolecular Hbond substituents is 1. The highest BCUT2D eigenvalue weighted by Crippen LogP contribution is 2.24. The fourth-order valence-electron chi connectivity index (χ4n) is 1.51. The molecule has 1 aromatic heterocycles. The molecule has 6 heteroatoms. The Morgan fingerprint density at radius 2 is 2.32 bits per heavy atom. The Morgan fingerprint density at radius 3 is 2.95 bits per heavy atom. The highest BCUT2D eigenvalue weighted by Gasteiger charge is 2.09. The van der Waals surface area contributed by atoms with Gasteiger partial charge in [0.05, 0.1) is 11.0 Å². The van der Waals surface area contributed by atoms with Crippen LogP contribution in [0.4, 0.5) is 0 Å². The standard InChI is InChI=1S/C13H13BrN2O2S/c1-2-9-6-15-12(19-9)7-16-13(18)8-3-4-10(14)11(17)5-8/h3-6,17H,2,7H2,1H3,(H,16,18). The SMILES string of the molecule is CCc1cnc(CNC(=O)c2ccc(Br)c(O)c2)s1. The van der Waals surface area contributed by atoms with E-state index in [9.17, 15) is 9.90 Å². The number of carbonyl (C=O) groups excluding carboxylic acids is 1. The summed E-state index contributed by atoms with van der Waals surface area (Å²) in [4.78, 5) is 17.3. The lowest BCUT2D eigenvalue weighted by Crippen LogP contribution is -2.22. The number of thiazole rings is 1. The maximum atomic E-state index is 11.9. The summed E-state index contributed by atoms with van der Waals surface area (Å²) >= 11 is 4.77.